The van der Waals surface area contributed by atoms with E-state index in [0.29, 0.717) is 23.9 Å². The maximum absolute atomic E-state index is 12.8. The van der Waals surface area contributed by atoms with Crippen LogP contribution in [0.25, 0.3) is 5.65 Å². The molecular weight excluding hydrogens is 350 g/mol. The molecule has 1 aliphatic heterocycles. The van der Waals surface area contributed by atoms with Crippen LogP contribution in [0.15, 0.2) is 42.9 Å². The van der Waals surface area contributed by atoms with E-state index in [2.05, 4.69) is 14.9 Å². The molecule has 0 spiro atoms. The summed E-state index contributed by atoms with van der Waals surface area (Å²) in [6, 6.07) is 7.73. The van der Waals surface area contributed by atoms with Crippen LogP contribution >= 0.6 is 11.6 Å². The minimum Gasteiger partial charge on any atom is -0.335 e. The number of rotatable bonds is 3. The van der Waals surface area contributed by atoms with E-state index in [1.54, 1.807) is 6.20 Å². The zero-order valence-corrected chi connectivity index (χ0v) is 15.4. The molecule has 3 aromatic rings. The Kier molecular flexibility index (Phi) is 4.61. The van der Waals surface area contributed by atoms with Gasteiger partial charge in [0.2, 0.25) is 0 Å². The molecule has 7 heteroatoms. The number of carbonyl (C=O) groups excluding carboxylic acids is 1. The van der Waals surface area contributed by atoms with E-state index in [1.807, 2.05) is 52.9 Å². The first-order valence-corrected chi connectivity index (χ1v) is 9.04. The molecule has 1 fully saturated rings. The third-order valence-electron chi connectivity index (χ3n) is 4.67. The molecule has 0 saturated carbocycles. The largest absolute Gasteiger partial charge is 0.335 e. The highest BCUT2D eigenvalue weighted by Crippen LogP contribution is 2.14. The van der Waals surface area contributed by atoms with Crippen molar-refractivity contribution in [1.82, 2.24) is 24.2 Å². The Labute approximate surface area is 157 Å². The highest BCUT2D eigenvalue weighted by molar-refractivity contribution is 6.29. The molecule has 0 radical (unpaired) electrons. The molecule has 6 nitrogen and oxygen atoms in total. The molecule has 4 rings (SSSR count). The van der Waals surface area contributed by atoms with Gasteiger partial charge in [0, 0.05) is 51.3 Å². The SMILES string of the molecule is Cc1ccc2nc(C(=O)N3CCN(Cc4ccc(Cl)nc4)CC3)cn2c1. The van der Waals surface area contributed by atoms with E-state index in [1.165, 1.54) is 0 Å². The maximum atomic E-state index is 12.8. The van der Waals surface area contributed by atoms with Crippen LogP contribution < -0.4 is 0 Å². The average molecular weight is 370 g/mol. The monoisotopic (exact) mass is 369 g/mol. The lowest BCUT2D eigenvalue weighted by atomic mass is 10.2. The van der Waals surface area contributed by atoms with Gasteiger partial charge in [-0.25, -0.2) is 9.97 Å². The van der Waals surface area contributed by atoms with Gasteiger partial charge in [0.25, 0.3) is 5.91 Å². The van der Waals surface area contributed by atoms with Crippen LogP contribution in [0, 0.1) is 6.92 Å². The molecule has 4 heterocycles. The number of hydrogen-bond donors (Lipinski definition) is 0. The summed E-state index contributed by atoms with van der Waals surface area (Å²) in [6.07, 6.45) is 5.60. The number of amides is 1. The Balaban J connectivity index is 1.38. The van der Waals surface area contributed by atoms with Gasteiger partial charge < -0.3 is 9.30 Å². The van der Waals surface area contributed by atoms with Gasteiger partial charge in [-0.15, -0.1) is 0 Å². The molecule has 3 aromatic heterocycles. The highest BCUT2D eigenvalue weighted by atomic mass is 35.5. The number of nitrogens with zero attached hydrogens (tertiary/aromatic N) is 5. The first-order valence-electron chi connectivity index (χ1n) is 8.66. The first-order chi connectivity index (χ1) is 12.6. The lowest BCUT2D eigenvalue weighted by Gasteiger charge is -2.34. The number of aromatic nitrogens is 3. The second kappa shape index (κ2) is 7.05. The molecule has 0 bridgehead atoms. The molecule has 26 heavy (non-hydrogen) atoms. The van der Waals surface area contributed by atoms with E-state index < -0.39 is 0 Å². The average Bonchev–Trinajstić information content (AvgIpc) is 3.07. The van der Waals surface area contributed by atoms with Crippen molar-refractivity contribution in [3.8, 4) is 0 Å². The van der Waals surface area contributed by atoms with E-state index in [-0.39, 0.29) is 5.91 Å². The lowest BCUT2D eigenvalue weighted by Crippen LogP contribution is -2.48. The maximum Gasteiger partial charge on any atom is 0.274 e. The van der Waals surface area contributed by atoms with E-state index >= 15 is 0 Å². The van der Waals surface area contributed by atoms with Crippen LogP contribution in [-0.2, 0) is 6.54 Å². The summed E-state index contributed by atoms with van der Waals surface area (Å²) in [5.41, 5.74) is 3.57. The van der Waals surface area contributed by atoms with E-state index in [4.69, 9.17) is 11.6 Å². The molecule has 0 unspecified atom stereocenters. The first kappa shape index (κ1) is 17.0. The fourth-order valence-electron chi connectivity index (χ4n) is 3.24. The molecular formula is C19H20ClN5O. The standard InChI is InChI=1S/C19H20ClN5O/c1-14-2-5-18-22-16(13-25(18)11-14)19(26)24-8-6-23(7-9-24)12-15-3-4-17(20)21-10-15/h2-5,10-11,13H,6-9,12H2,1H3. The van der Waals surface area contributed by atoms with Crippen molar-refractivity contribution in [2.24, 2.45) is 0 Å². The Morgan fingerprint density at radius 3 is 2.65 bits per heavy atom. The van der Waals surface area contributed by atoms with Crippen LogP contribution in [0.2, 0.25) is 5.15 Å². The number of halogens is 1. The minimum atomic E-state index is -0.000775. The molecule has 1 aliphatic rings. The minimum absolute atomic E-state index is 0.000775. The number of fused-ring (bicyclic) bond motifs is 1. The molecule has 0 atom stereocenters. The Hall–Kier alpha value is -2.44. The van der Waals surface area contributed by atoms with Crippen molar-refractivity contribution < 1.29 is 4.79 Å². The molecule has 1 saturated heterocycles. The summed E-state index contributed by atoms with van der Waals surface area (Å²) in [4.78, 5) is 25.5. The summed E-state index contributed by atoms with van der Waals surface area (Å²) in [5.74, 6) is -0.000775. The molecule has 1 amide bonds. The number of hydrogen-bond acceptors (Lipinski definition) is 4. The summed E-state index contributed by atoms with van der Waals surface area (Å²) in [7, 11) is 0. The number of imidazole rings is 1. The van der Waals surface area contributed by atoms with Crippen molar-refractivity contribution in [2.75, 3.05) is 26.2 Å². The molecule has 0 aliphatic carbocycles. The summed E-state index contributed by atoms with van der Waals surface area (Å²) < 4.78 is 1.91. The van der Waals surface area contributed by atoms with Crippen molar-refractivity contribution in [3.05, 3.63) is 64.8 Å². The molecule has 0 N–H and O–H groups in total. The van der Waals surface area contributed by atoms with Gasteiger partial charge in [0.1, 0.15) is 16.5 Å². The smallest absolute Gasteiger partial charge is 0.274 e. The van der Waals surface area contributed by atoms with Gasteiger partial charge >= 0.3 is 0 Å². The highest BCUT2D eigenvalue weighted by Gasteiger charge is 2.24. The van der Waals surface area contributed by atoms with Crippen LogP contribution in [-0.4, -0.2) is 56.3 Å². The van der Waals surface area contributed by atoms with Crippen LogP contribution in [0.5, 0.6) is 0 Å². The van der Waals surface area contributed by atoms with Crippen LogP contribution in [0.3, 0.4) is 0 Å². The fraction of sp³-hybridized carbons (Fsp3) is 0.316. The van der Waals surface area contributed by atoms with Gasteiger partial charge in [-0.2, -0.15) is 0 Å². The van der Waals surface area contributed by atoms with Crippen LogP contribution in [0.1, 0.15) is 21.6 Å². The van der Waals surface area contributed by atoms with Crippen molar-refractivity contribution >= 4 is 23.2 Å². The van der Waals surface area contributed by atoms with Crippen molar-refractivity contribution in [3.63, 3.8) is 0 Å². The summed E-state index contributed by atoms with van der Waals surface area (Å²) in [5, 5.41) is 0.506. The second-order valence-electron chi connectivity index (χ2n) is 6.66. The number of pyridine rings is 2. The van der Waals surface area contributed by atoms with Crippen molar-refractivity contribution in [2.45, 2.75) is 13.5 Å². The normalized spacial score (nSPS) is 15.5. The van der Waals surface area contributed by atoms with Crippen LogP contribution in [0.4, 0.5) is 0 Å². The zero-order chi connectivity index (χ0) is 18.1. The Bertz CT molecular complexity index is 929. The second-order valence-corrected chi connectivity index (χ2v) is 7.04. The van der Waals surface area contributed by atoms with Crippen molar-refractivity contribution in [1.29, 1.82) is 0 Å². The third kappa shape index (κ3) is 3.57. The predicted octanol–water partition coefficient (Wildman–Crippen LogP) is 2.65. The van der Waals surface area contributed by atoms with Gasteiger partial charge in [-0.3, -0.25) is 9.69 Å². The van der Waals surface area contributed by atoms with Gasteiger partial charge in [0.05, 0.1) is 0 Å². The number of carbonyl (C=O) groups is 1. The summed E-state index contributed by atoms with van der Waals surface area (Å²) in [6.45, 7) is 5.91. The molecule has 134 valence electrons. The van der Waals surface area contributed by atoms with Gasteiger partial charge in [-0.1, -0.05) is 23.7 Å². The Morgan fingerprint density at radius 2 is 1.92 bits per heavy atom. The predicted molar refractivity (Wildman–Crippen MR) is 100 cm³/mol. The van der Waals surface area contributed by atoms with E-state index in [0.717, 1.165) is 36.4 Å². The number of piperazine rings is 1. The topological polar surface area (TPSA) is 53.7 Å². The molecule has 0 aromatic carbocycles. The van der Waals surface area contributed by atoms with Gasteiger partial charge in [-0.05, 0) is 30.2 Å². The fourth-order valence-corrected chi connectivity index (χ4v) is 3.35. The van der Waals surface area contributed by atoms with Gasteiger partial charge in [0.15, 0.2) is 0 Å². The lowest BCUT2D eigenvalue weighted by molar-refractivity contribution is 0.0623. The Morgan fingerprint density at radius 1 is 1.12 bits per heavy atom. The van der Waals surface area contributed by atoms with E-state index in [9.17, 15) is 4.79 Å². The summed E-state index contributed by atoms with van der Waals surface area (Å²) >= 11 is 5.83. The number of aryl methyl sites for hydroxylation is 1. The quantitative estimate of drug-likeness (QED) is 0.666. The zero-order valence-electron chi connectivity index (χ0n) is 14.6. The third-order valence-corrected chi connectivity index (χ3v) is 4.90.